The Bertz CT molecular complexity index is 609. The average Bonchev–Trinajstić information content (AvgIpc) is 3.03. The van der Waals surface area contributed by atoms with Crippen LogP contribution in [-0.2, 0) is 10.4 Å². The zero-order chi connectivity index (χ0) is 32.3. The van der Waals surface area contributed by atoms with Gasteiger partial charge < -0.3 is 0 Å². The van der Waals surface area contributed by atoms with Crippen LogP contribution in [0.3, 0.4) is 0 Å². The summed E-state index contributed by atoms with van der Waals surface area (Å²) in [5, 5.41) is 0. The molecule has 4 rings (SSSR count). The predicted molar refractivity (Wildman–Crippen MR) is 194 cm³/mol. The van der Waals surface area contributed by atoms with Crippen LogP contribution in [-0.4, -0.2) is 17.5 Å². The van der Waals surface area contributed by atoms with Gasteiger partial charge in [-0.25, -0.2) is 0 Å². The Hall–Kier alpha value is -0.130. The Morgan fingerprint density at radius 1 is 0.244 bits per heavy atom. The lowest BCUT2D eigenvalue weighted by molar-refractivity contribution is 0.230. The fraction of sp³-hybridized carbons (Fsp3) is 1.00. The predicted octanol–water partition coefficient (Wildman–Crippen LogP) is 13.9. The van der Waals surface area contributed by atoms with Crippen molar-refractivity contribution in [2.45, 2.75) is 231 Å². The zero-order valence-corrected chi connectivity index (χ0v) is 30.7. The molecule has 0 amide bonds. The maximum Gasteiger partial charge on any atom is 0.394 e. The highest BCUT2D eigenvalue weighted by molar-refractivity contribution is 7.79. The van der Waals surface area contributed by atoms with Crippen molar-refractivity contribution in [3.05, 3.63) is 0 Å². The Balaban J connectivity index is 0.000000273. The van der Waals surface area contributed by atoms with E-state index < -0.39 is 10.4 Å². The summed E-state index contributed by atoms with van der Waals surface area (Å²) in [7, 11) is -4.67. The van der Waals surface area contributed by atoms with E-state index in [1.807, 2.05) is 0 Å². The summed E-state index contributed by atoms with van der Waals surface area (Å²) in [6, 6.07) is 0. The third-order valence-corrected chi connectivity index (χ3v) is 11.9. The van der Waals surface area contributed by atoms with Crippen molar-refractivity contribution >= 4 is 10.4 Å². The third-order valence-electron chi connectivity index (χ3n) is 11.9. The summed E-state index contributed by atoms with van der Waals surface area (Å²) in [5.41, 5.74) is 0. The molecule has 4 aliphatic carbocycles. The molecule has 0 saturated heterocycles. The minimum Gasteiger partial charge on any atom is -0.264 e. The molecule has 4 fully saturated rings. The molecule has 5 heteroatoms. The summed E-state index contributed by atoms with van der Waals surface area (Å²) in [5.74, 6) is 4.36. The van der Waals surface area contributed by atoms with E-state index in [4.69, 9.17) is 17.5 Å². The summed E-state index contributed by atoms with van der Waals surface area (Å²) in [6.45, 7) is 0. The smallest absolute Gasteiger partial charge is 0.264 e. The second-order valence-electron chi connectivity index (χ2n) is 15.7. The normalized spacial score (nSPS) is 25.3. The molecule has 4 aliphatic rings. The van der Waals surface area contributed by atoms with Crippen LogP contribution in [0.4, 0.5) is 0 Å². The van der Waals surface area contributed by atoms with Gasteiger partial charge in [-0.3, -0.25) is 9.11 Å². The zero-order valence-electron chi connectivity index (χ0n) is 29.9. The van der Waals surface area contributed by atoms with Crippen molar-refractivity contribution in [3.63, 3.8) is 0 Å². The highest BCUT2D eigenvalue weighted by Crippen LogP contribution is 2.36. The monoisotopic (exact) mass is 655 g/mol. The largest absolute Gasteiger partial charge is 0.394 e. The Morgan fingerprint density at radius 2 is 0.333 bits per heavy atom. The quantitative estimate of drug-likeness (QED) is 0.291. The van der Waals surface area contributed by atoms with Crippen molar-refractivity contribution in [1.29, 1.82) is 0 Å². The van der Waals surface area contributed by atoms with Crippen LogP contribution < -0.4 is 0 Å². The first-order chi connectivity index (χ1) is 21.9. The molecular formula is C40H78O4S. The lowest BCUT2D eigenvalue weighted by atomic mass is 9.77. The van der Waals surface area contributed by atoms with Gasteiger partial charge in [0, 0.05) is 0 Å². The van der Waals surface area contributed by atoms with Crippen LogP contribution in [0.1, 0.15) is 231 Å². The molecule has 4 saturated carbocycles. The van der Waals surface area contributed by atoms with E-state index in [0.717, 1.165) is 23.7 Å². The molecule has 0 heterocycles. The van der Waals surface area contributed by atoms with Gasteiger partial charge in [0.1, 0.15) is 0 Å². The highest BCUT2D eigenvalue weighted by Gasteiger charge is 2.22. The Kier molecular flexibility index (Phi) is 25.3. The van der Waals surface area contributed by atoms with Crippen LogP contribution in [0.2, 0.25) is 0 Å². The molecule has 4 nitrogen and oxygen atoms in total. The van der Waals surface area contributed by atoms with Crippen molar-refractivity contribution in [2.75, 3.05) is 0 Å². The molecular weight excluding hydrogens is 577 g/mol. The van der Waals surface area contributed by atoms with Gasteiger partial charge in [-0.05, 0) is 23.7 Å². The fourth-order valence-corrected chi connectivity index (χ4v) is 9.25. The lowest BCUT2D eigenvalue weighted by Crippen LogP contribution is -2.16. The maximum absolute atomic E-state index is 8.74. The van der Waals surface area contributed by atoms with Crippen LogP contribution >= 0.6 is 0 Å². The molecule has 268 valence electrons. The minimum atomic E-state index is -4.67. The standard InChI is InChI=1S/2C20H38.H2O4S/c2*1-3-7-11-15-19(16-12-8-4-1)20-17-13-9-5-2-6-10-14-18-20;1-5(2,3)4/h2*19-20H,1-18H2;(H2,1,2,3,4). The van der Waals surface area contributed by atoms with Gasteiger partial charge in [-0.2, -0.15) is 8.42 Å². The highest BCUT2D eigenvalue weighted by atomic mass is 32.3. The first-order valence-electron chi connectivity index (χ1n) is 20.6. The van der Waals surface area contributed by atoms with E-state index >= 15 is 0 Å². The van der Waals surface area contributed by atoms with E-state index in [-0.39, 0.29) is 0 Å². The van der Waals surface area contributed by atoms with Gasteiger partial charge in [0.15, 0.2) is 0 Å². The lowest BCUT2D eigenvalue weighted by Gasteiger charge is -2.29. The molecule has 0 aromatic rings. The summed E-state index contributed by atoms with van der Waals surface area (Å²) >= 11 is 0. The summed E-state index contributed by atoms with van der Waals surface area (Å²) < 4.78 is 31.6. The van der Waals surface area contributed by atoms with Crippen molar-refractivity contribution in [1.82, 2.24) is 0 Å². The fourth-order valence-electron chi connectivity index (χ4n) is 9.25. The van der Waals surface area contributed by atoms with E-state index in [2.05, 4.69) is 0 Å². The molecule has 0 aromatic heterocycles. The minimum absolute atomic E-state index is 1.09. The molecule has 0 aliphatic heterocycles. The molecule has 2 N–H and O–H groups in total. The molecule has 0 aromatic carbocycles. The second kappa shape index (κ2) is 27.8. The van der Waals surface area contributed by atoms with Crippen LogP contribution in [0.15, 0.2) is 0 Å². The second-order valence-corrected chi connectivity index (χ2v) is 16.6. The third kappa shape index (κ3) is 24.6. The number of rotatable bonds is 2. The SMILES string of the molecule is C1CCCCC(C2CCCCCCCCC2)CCCC1.C1CCCCC(C2CCCCCCCCC2)CCCC1.O=S(=O)(O)O. The molecule has 0 atom stereocenters. The molecule has 0 spiro atoms. The number of hydrogen-bond donors (Lipinski definition) is 2. The first kappa shape index (κ1) is 41.0. The maximum atomic E-state index is 8.74. The van der Waals surface area contributed by atoms with E-state index in [1.54, 1.807) is 51.4 Å². The van der Waals surface area contributed by atoms with Gasteiger partial charge in [0.25, 0.3) is 0 Å². The van der Waals surface area contributed by atoms with Crippen LogP contribution in [0.5, 0.6) is 0 Å². The van der Waals surface area contributed by atoms with Gasteiger partial charge in [-0.15, -0.1) is 0 Å². The van der Waals surface area contributed by atoms with E-state index in [9.17, 15) is 0 Å². The van der Waals surface area contributed by atoms with E-state index in [0.29, 0.717) is 0 Å². The van der Waals surface area contributed by atoms with Crippen LogP contribution in [0, 0.1) is 23.7 Å². The Labute approximate surface area is 282 Å². The van der Waals surface area contributed by atoms with Crippen molar-refractivity contribution in [3.8, 4) is 0 Å². The summed E-state index contributed by atoms with van der Waals surface area (Å²) in [6.07, 6.45) is 55.0. The summed E-state index contributed by atoms with van der Waals surface area (Å²) in [4.78, 5) is 0. The van der Waals surface area contributed by atoms with Crippen molar-refractivity contribution < 1.29 is 17.5 Å². The van der Waals surface area contributed by atoms with Gasteiger partial charge in [-0.1, -0.05) is 231 Å². The van der Waals surface area contributed by atoms with Crippen molar-refractivity contribution in [2.24, 2.45) is 23.7 Å². The van der Waals surface area contributed by atoms with E-state index in [1.165, 1.54) is 180 Å². The Morgan fingerprint density at radius 3 is 0.444 bits per heavy atom. The van der Waals surface area contributed by atoms with Crippen LogP contribution in [0.25, 0.3) is 0 Å². The average molecular weight is 655 g/mol. The molecule has 0 unspecified atom stereocenters. The number of hydrogen-bond acceptors (Lipinski definition) is 2. The van der Waals surface area contributed by atoms with Gasteiger partial charge in [0.2, 0.25) is 0 Å². The first-order valence-corrected chi connectivity index (χ1v) is 22.0. The van der Waals surface area contributed by atoms with Gasteiger partial charge in [0.05, 0.1) is 0 Å². The topological polar surface area (TPSA) is 74.6 Å². The molecule has 0 bridgehead atoms. The molecule has 45 heavy (non-hydrogen) atoms. The van der Waals surface area contributed by atoms with Gasteiger partial charge >= 0.3 is 10.4 Å². The molecule has 0 radical (unpaired) electrons.